The summed E-state index contributed by atoms with van der Waals surface area (Å²) in [5.41, 5.74) is 5.19. The second kappa shape index (κ2) is 15.2. The molecule has 0 radical (unpaired) electrons. The number of allylic oxidation sites excluding steroid dienone is 4. The predicted molar refractivity (Wildman–Crippen MR) is 183 cm³/mol. The van der Waals surface area contributed by atoms with E-state index >= 15 is 0 Å². The minimum atomic E-state index is -4.34. The van der Waals surface area contributed by atoms with Crippen molar-refractivity contribution in [2.45, 2.75) is 57.3 Å². The van der Waals surface area contributed by atoms with Gasteiger partial charge in [-0.25, -0.2) is 0 Å². The Morgan fingerprint density at radius 3 is 2.23 bits per heavy atom. The Morgan fingerprint density at radius 2 is 1.60 bits per heavy atom. The van der Waals surface area contributed by atoms with Gasteiger partial charge in [-0.05, 0) is 69.7 Å². The predicted octanol–water partition coefficient (Wildman–Crippen LogP) is 0.739. The Kier molecular flexibility index (Phi) is 12.2. The Bertz CT molecular complexity index is 1830. The monoisotopic (exact) mass is 789 g/mol. The molecule has 0 fully saturated rings. The number of halogens is 1. The van der Waals surface area contributed by atoms with Crippen LogP contribution in [-0.2, 0) is 30.5 Å². The largest absolute Gasteiger partial charge is 1.00 e. The third-order valence-corrected chi connectivity index (χ3v) is 9.60. The lowest BCUT2D eigenvalue weighted by Gasteiger charge is -2.25. The van der Waals surface area contributed by atoms with E-state index in [-0.39, 0.29) is 47.9 Å². The second-order valence-electron chi connectivity index (χ2n) is 12.5. The smallest absolute Gasteiger partial charge is 0.294 e. The van der Waals surface area contributed by atoms with Crippen LogP contribution in [0.5, 0.6) is 0 Å². The molecule has 2 aliphatic rings. The van der Waals surface area contributed by atoms with Crippen LogP contribution in [0.3, 0.4) is 0 Å². The van der Waals surface area contributed by atoms with Crippen LogP contribution in [0.4, 0.5) is 11.4 Å². The van der Waals surface area contributed by atoms with Gasteiger partial charge in [-0.15, -0.1) is 6.58 Å². The lowest BCUT2D eigenvalue weighted by atomic mass is 9.80. The van der Waals surface area contributed by atoms with Gasteiger partial charge in [0.15, 0.2) is 5.71 Å². The Balaban J connectivity index is 0.00000625. The summed E-state index contributed by atoms with van der Waals surface area (Å²) in [6.07, 6.45) is 7.66. The number of hydrogen-bond acceptors (Lipinski definition) is 6. The van der Waals surface area contributed by atoms with E-state index in [0.29, 0.717) is 25.2 Å². The van der Waals surface area contributed by atoms with Crippen LogP contribution in [0.25, 0.3) is 0 Å². The van der Waals surface area contributed by atoms with Crippen LogP contribution in [0.1, 0.15) is 63.0 Å². The second-order valence-corrected chi connectivity index (χ2v) is 13.9. The fourth-order valence-electron chi connectivity index (χ4n) is 6.30. The molecule has 2 heterocycles. The highest BCUT2D eigenvalue weighted by Gasteiger charge is 2.44. The van der Waals surface area contributed by atoms with Crippen LogP contribution in [-0.4, -0.2) is 73.7 Å². The first-order valence-corrected chi connectivity index (χ1v) is 17.0. The van der Waals surface area contributed by atoms with Crippen molar-refractivity contribution in [3.63, 3.8) is 0 Å². The molecule has 2 aromatic rings. The van der Waals surface area contributed by atoms with E-state index in [1.54, 1.807) is 18.2 Å². The van der Waals surface area contributed by atoms with Crippen molar-refractivity contribution >= 4 is 44.9 Å². The molecule has 0 aliphatic carbocycles. The lowest BCUT2D eigenvalue weighted by molar-refractivity contribution is -0.433. The zero-order valence-corrected chi connectivity index (χ0v) is 31.2. The summed E-state index contributed by atoms with van der Waals surface area (Å²) in [5.74, 6) is -1.22. The number of fused-ring (bicyclic) bond motifs is 2. The molecule has 4 rings (SSSR count). The molecule has 3 amide bonds. The van der Waals surface area contributed by atoms with Crippen molar-refractivity contribution in [3.05, 3.63) is 89.7 Å². The molecule has 48 heavy (non-hydrogen) atoms. The maximum Gasteiger partial charge on any atom is 0.294 e. The SMILES string of the molecule is C=CCNC(=O)CNC(=O)CNC(=O)c1ccc2c(c1)C(C)(C)C(/C=C/C=C1/N(CC)c3ccc(S(=O)(=O)O)cc3C1(C)C)=[N+]2CC.[I-]. The average Bonchev–Trinajstić information content (AvgIpc) is 3.38. The molecule has 258 valence electrons. The molecule has 0 atom stereocenters. The Hall–Kier alpha value is -3.82. The number of anilines is 1. The summed E-state index contributed by atoms with van der Waals surface area (Å²) < 4.78 is 35.6. The molecule has 4 N–H and O–H groups in total. The first-order valence-electron chi connectivity index (χ1n) is 15.6. The molecule has 11 nitrogen and oxygen atoms in total. The minimum Gasteiger partial charge on any atom is -1.00 e. The number of nitrogens with zero attached hydrogens (tertiary/aromatic N) is 2. The van der Waals surface area contributed by atoms with Crippen LogP contribution in [0.15, 0.2) is 77.9 Å². The van der Waals surface area contributed by atoms with Gasteiger partial charge >= 0.3 is 0 Å². The molecular formula is C35H44IN5O6S. The molecule has 0 aromatic heterocycles. The molecule has 0 spiro atoms. The highest BCUT2D eigenvalue weighted by atomic mass is 127. The van der Waals surface area contributed by atoms with Crippen LogP contribution < -0.4 is 44.8 Å². The molecule has 2 aliphatic heterocycles. The average molecular weight is 790 g/mol. The summed E-state index contributed by atoms with van der Waals surface area (Å²) in [7, 11) is -4.34. The van der Waals surface area contributed by atoms with E-state index in [0.717, 1.165) is 33.9 Å². The highest BCUT2D eigenvalue weighted by molar-refractivity contribution is 7.85. The van der Waals surface area contributed by atoms with Gasteiger partial charge in [0.05, 0.1) is 23.4 Å². The van der Waals surface area contributed by atoms with Gasteiger partial charge < -0.3 is 44.8 Å². The van der Waals surface area contributed by atoms with E-state index < -0.39 is 32.8 Å². The van der Waals surface area contributed by atoms with Crippen molar-refractivity contribution in [1.29, 1.82) is 0 Å². The van der Waals surface area contributed by atoms with Crippen molar-refractivity contribution in [1.82, 2.24) is 16.0 Å². The number of amides is 3. The normalized spacial score (nSPS) is 16.7. The topological polar surface area (TPSA) is 148 Å². The molecule has 0 bridgehead atoms. The summed E-state index contributed by atoms with van der Waals surface area (Å²) in [6.45, 7) is 17.1. The van der Waals surface area contributed by atoms with E-state index in [1.165, 1.54) is 12.1 Å². The summed E-state index contributed by atoms with van der Waals surface area (Å²) >= 11 is 0. The third kappa shape index (κ3) is 7.73. The Labute approximate surface area is 300 Å². The molecule has 13 heteroatoms. The number of rotatable bonds is 12. The maximum atomic E-state index is 13.0. The van der Waals surface area contributed by atoms with Crippen molar-refractivity contribution < 1.29 is 55.9 Å². The lowest BCUT2D eigenvalue weighted by Crippen LogP contribution is -3.00. The van der Waals surface area contributed by atoms with Gasteiger partial charge in [0.1, 0.15) is 6.54 Å². The van der Waals surface area contributed by atoms with E-state index in [4.69, 9.17) is 0 Å². The number of nitrogens with one attached hydrogen (secondary N) is 3. The molecule has 0 saturated carbocycles. The van der Waals surface area contributed by atoms with Gasteiger partial charge in [-0.2, -0.15) is 13.0 Å². The van der Waals surface area contributed by atoms with Gasteiger partial charge in [0.25, 0.3) is 16.0 Å². The highest BCUT2D eigenvalue weighted by Crippen LogP contribution is 2.48. The van der Waals surface area contributed by atoms with Gasteiger partial charge in [0.2, 0.25) is 17.5 Å². The number of likely N-dealkylation sites (N-methyl/N-ethyl adjacent to an activating group) is 1. The first-order chi connectivity index (χ1) is 22.1. The number of carbonyl (C=O) groups excluding carboxylic acids is 3. The molecule has 0 unspecified atom stereocenters. The third-order valence-electron chi connectivity index (χ3n) is 8.76. The fraction of sp³-hybridized carbons (Fsp3) is 0.371. The fourth-order valence-corrected chi connectivity index (χ4v) is 6.80. The number of hydrogen-bond donors (Lipinski definition) is 4. The van der Waals surface area contributed by atoms with Crippen molar-refractivity contribution in [2.24, 2.45) is 0 Å². The van der Waals surface area contributed by atoms with E-state index in [9.17, 15) is 27.4 Å². The summed E-state index contributed by atoms with van der Waals surface area (Å²) in [6, 6.07) is 10.2. The quantitative estimate of drug-likeness (QED) is 0.107. The van der Waals surface area contributed by atoms with Gasteiger partial charge in [-0.3, -0.25) is 18.9 Å². The molecular weight excluding hydrogens is 745 g/mol. The van der Waals surface area contributed by atoms with Crippen molar-refractivity contribution in [2.75, 3.05) is 37.6 Å². The summed E-state index contributed by atoms with van der Waals surface area (Å²) in [5, 5.41) is 7.67. The van der Waals surface area contributed by atoms with E-state index in [1.807, 2.05) is 45.1 Å². The standard InChI is InChI=1S/C35H43N5O6S.HI/c1-8-18-36-31(41)21-37-32(42)22-38-33(43)23-14-16-27-25(19-23)34(4,5)29(39(27)9-2)12-11-13-30-35(6,7)26-20-24(47(44,45)46)15-17-28(26)40(30)10-3;/h8,11-17,19-20H,1,9-10,18,21-22H2,2-7H3,(H3-,36,37,38,41,42,43,44,45,46);1H. The van der Waals surface area contributed by atoms with Crippen molar-refractivity contribution in [3.8, 4) is 0 Å². The number of carbonyl (C=O) groups is 3. The van der Waals surface area contributed by atoms with Gasteiger partial charge in [0, 0.05) is 53.2 Å². The molecule has 2 aromatic carbocycles. The summed E-state index contributed by atoms with van der Waals surface area (Å²) in [4.78, 5) is 38.9. The van der Waals surface area contributed by atoms with E-state index in [2.05, 4.69) is 58.9 Å². The minimum absolute atomic E-state index is 0. The zero-order valence-electron chi connectivity index (χ0n) is 28.2. The molecule has 0 saturated heterocycles. The first kappa shape index (κ1) is 38.6. The number of benzene rings is 2. The zero-order chi connectivity index (χ0) is 34.7. The van der Waals surface area contributed by atoms with Crippen LogP contribution >= 0.6 is 0 Å². The van der Waals surface area contributed by atoms with Crippen LogP contribution in [0.2, 0.25) is 0 Å². The van der Waals surface area contributed by atoms with Gasteiger partial charge in [-0.1, -0.05) is 26.0 Å². The maximum absolute atomic E-state index is 13.0. The Morgan fingerprint density at radius 1 is 0.938 bits per heavy atom. The van der Waals surface area contributed by atoms with Crippen LogP contribution in [0, 0.1) is 0 Å².